The standard InChI is InChI=1S/C28H31F5N2O3/c1-2-3-4-5-6-7-8-9-24(36)35-19(12-17-16-34-22-13-18(29)10-11-20(17)22)14-25(37)38-23-15-21(30)26(31)28(33)27(23)32/h10-11,13,15-16,19,34H,2-9,12,14H2,1H3,(H,35,36). The molecule has 1 atom stereocenters. The molecule has 0 aliphatic carbocycles. The number of amides is 1. The maximum atomic E-state index is 14.0. The lowest BCUT2D eigenvalue weighted by atomic mass is 10.0. The molecule has 0 saturated carbocycles. The van der Waals surface area contributed by atoms with Crippen LogP contribution in [0.1, 0.15) is 70.3 Å². The van der Waals surface area contributed by atoms with E-state index >= 15 is 0 Å². The van der Waals surface area contributed by atoms with E-state index in [1.54, 1.807) is 12.3 Å². The highest BCUT2D eigenvalue weighted by Crippen LogP contribution is 2.26. The highest BCUT2D eigenvalue weighted by Gasteiger charge is 2.24. The zero-order valence-corrected chi connectivity index (χ0v) is 21.1. The number of aromatic nitrogens is 1. The minimum absolute atomic E-state index is 0.137. The summed E-state index contributed by atoms with van der Waals surface area (Å²) < 4.78 is 72.6. The van der Waals surface area contributed by atoms with Crippen molar-refractivity contribution in [2.24, 2.45) is 0 Å². The Kier molecular flexibility index (Phi) is 10.7. The van der Waals surface area contributed by atoms with Crippen molar-refractivity contribution in [2.75, 3.05) is 0 Å². The molecule has 3 rings (SSSR count). The fourth-order valence-electron chi connectivity index (χ4n) is 4.30. The second-order valence-corrected chi connectivity index (χ2v) is 9.32. The average molecular weight is 539 g/mol. The number of fused-ring (bicyclic) bond motifs is 1. The maximum absolute atomic E-state index is 14.0. The molecule has 0 spiro atoms. The van der Waals surface area contributed by atoms with Gasteiger partial charge in [-0.1, -0.05) is 45.4 Å². The van der Waals surface area contributed by atoms with Crippen molar-refractivity contribution in [3.63, 3.8) is 0 Å². The van der Waals surface area contributed by atoms with E-state index in [0.717, 1.165) is 32.1 Å². The van der Waals surface area contributed by atoms with Gasteiger partial charge in [0.2, 0.25) is 17.5 Å². The Morgan fingerprint density at radius 1 is 0.921 bits per heavy atom. The summed E-state index contributed by atoms with van der Waals surface area (Å²) in [6.45, 7) is 2.14. The highest BCUT2D eigenvalue weighted by atomic mass is 19.2. The van der Waals surface area contributed by atoms with Gasteiger partial charge in [0.1, 0.15) is 5.82 Å². The first-order chi connectivity index (χ1) is 18.2. The van der Waals surface area contributed by atoms with Gasteiger partial charge in [-0.3, -0.25) is 9.59 Å². The predicted molar refractivity (Wildman–Crippen MR) is 133 cm³/mol. The molecule has 0 aliphatic rings. The molecular formula is C28H31F5N2O3. The number of hydrogen-bond donors (Lipinski definition) is 2. The maximum Gasteiger partial charge on any atom is 0.313 e. The van der Waals surface area contributed by atoms with Gasteiger partial charge in [0.05, 0.1) is 6.42 Å². The van der Waals surface area contributed by atoms with Gasteiger partial charge in [-0.2, -0.15) is 4.39 Å². The molecule has 1 aromatic heterocycles. The Morgan fingerprint density at radius 2 is 1.63 bits per heavy atom. The lowest BCUT2D eigenvalue weighted by molar-refractivity contribution is -0.135. The molecule has 0 saturated heterocycles. The lowest BCUT2D eigenvalue weighted by Crippen LogP contribution is -2.38. The highest BCUT2D eigenvalue weighted by molar-refractivity contribution is 5.84. The summed E-state index contributed by atoms with van der Waals surface area (Å²) in [7, 11) is 0. The van der Waals surface area contributed by atoms with E-state index in [4.69, 9.17) is 4.74 Å². The second-order valence-electron chi connectivity index (χ2n) is 9.32. The summed E-state index contributed by atoms with van der Waals surface area (Å²) in [5.41, 5.74) is 1.20. The molecule has 3 aromatic rings. The van der Waals surface area contributed by atoms with Gasteiger partial charge in [0.15, 0.2) is 17.4 Å². The van der Waals surface area contributed by atoms with Gasteiger partial charge >= 0.3 is 5.97 Å². The van der Waals surface area contributed by atoms with Crippen LogP contribution in [0.15, 0.2) is 30.5 Å². The molecule has 1 unspecified atom stereocenters. The minimum Gasteiger partial charge on any atom is -0.423 e. The Morgan fingerprint density at radius 3 is 2.37 bits per heavy atom. The number of hydrogen-bond acceptors (Lipinski definition) is 3. The van der Waals surface area contributed by atoms with Crippen LogP contribution >= 0.6 is 0 Å². The van der Waals surface area contributed by atoms with E-state index in [0.29, 0.717) is 22.9 Å². The number of benzene rings is 2. The summed E-state index contributed by atoms with van der Waals surface area (Å²) in [5, 5.41) is 3.46. The van der Waals surface area contributed by atoms with Crippen LogP contribution in [0, 0.1) is 29.1 Å². The van der Waals surface area contributed by atoms with Gasteiger partial charge in [0, 0.05) is 35.6 Å². The number of carbonyl (C=O) groups is 2. The number of H-pyrrole nitrogens is 1. The number of esters is 1. The lowest BCUT2D eigenvalue weighted by Gasteiger charge is -2.18. The molecule has 206 valence electrons. The third kappa shape index (κ3) is 8.03. The van der Waals surface area contributed by atoms with Crippen LogP contribution in [-0.4, -0.2) is 22.9 Å². The first kappa shape index (κ1) is 29.1. The smallest absolute Gasteiger partial charge is 0.313 e. The second kappa shape index (κ2) is 13.9. The quantitative estimate of drug-likeness (QED) is 0.0578. The number of rotatable bonds is 14. The fraction of sp³-hybridized carbons (Fsp3) is 0.429. The van der Waals surface area contributed by atoms with Crippen molar-refractivity contribution in [1.29, 1.82) is 0 Å². The fourth-order valence-corrected chi connectivity index (χ4v) is 4.30. The number of aromatic amines is 1. The zero-order valence-electron chi connectivity index (χ0n) is 21.1. The van der Waals surface area contributed by atoms with Gasteiger partial charge in [-0.25, -0.2) is 17.6 Å². The first-order valence-corrected chi connectivity index (χ1v) is 12.8. The van der Waals surface area contributed by atoms with E-state index in [1.165, 1.54) is 18.6 Å². The Hall–Kier alpha value is -3.43. The van der Waals surface area contributed by atoms with Gasteiger partial charge < -0.3 is 15.0 Å². The molecule has 2 N–H and O–H groups in total. The Labute approximate surface area is 217 Å². The van der Waals surface area contributed by atoms with Crippen molar-refractivity contribution in [2.45, 2.75) is 77.2 Å². The molecule has 0 fully saturated rings. The summed E-state index contributed by atoms with van der Waals surface area (Å²) >= 11 is 0. The predicted octanol–water partition coefficient (Wildman–Crippen LogP) is 7.03. The van der Waals surface area contributed by atoms with E-state index in [2.05, 4.69) is 17.2 Å². The third-order valence-corrected chi connectivity index (χ3v) is 6.27. The van der Waals surface area contributed by atoms with Crippen LogP contribution in [0.3, 0.4) is 0 Å². The van der Waals surface area contributed by atoms with Crippen LogP contribution in [0.5, 0.6) is 5.75 Å². The third-order valence-electron chi connectivity index (χ3n) is 6.27. The molecule has 0 bridgehead atoms. The summed E-state index contributed by atoms with van der Waals surface area (Å²) in [5.74, 6) is -10.6. The van der Waals surface area contributed by atoms with Crippen molar-refractivity contribution >= 4 is 22.8 Å². The van der Waals surface area contributed by atoms with Crippen LogP contribution in [-0.2, 0) is 16.0 Å². The monoisotopic (exact) mass is 538 g/mol. The molecule has 1 amide bonds. The summed E-state index contributed by atoms with van der Waals surface area (Å²) in [4.78, 5) is 28.1. The van der Waals surface area contributed by atoms with Crippen molar-refractivity contribution in [3.05, 3.63) is 65.1 Å². The molecule has 38 heavy (non-hydrogen) atoms. The average Bonchev–Trinajstić information content (AvgIpc) is 3.26. The number of ether oxygens (including phenoxy) is 1. The topological polar surface area (TPSA) is 71.2 Å². The molecule has 1 heterocycles. The molecule has 10 heteroatoms. The Bertz CT molecular complexity index is 1260. The molecule has 5 nitrogen and oxygen atoms in total. The number of nitrogens with one attached hydrogen (secondary N) is 2. The molecular weight excluding hydrogens is 507 g/mol. The number of halogens is 5. The van der Waals surface area contributed by atoms with Crippen molar-refractivity contribution < 1.29 is 36.3 Å². The molecule has 0 radical (unpaired) electrons. The van der Waals surface area contributed by atoms with Crippen LogP contribution in [0.2, 0.25) is 0 Å². The van der Waals surface area contributed by atoms with Crippen molar-refractivity contribution in [3.8, 4) is 5.75 Å². The van der Waals surface area contributed by atoms with E-state index in [9.17, 15) is 31.5 Å². The molecule has 2 aromatic carbocycles. The number of carbonyl (C=O) groups excluding carboxylic acids is 2. The summed E-state index contributed by atoms with van der Waals surface area (Å²) in [6, 6.07) is 3.57. The largest absolute Gasteiger partial charge is 0.423 e. The molecule has 0 aliphatic heterocycles. The van der Waals surface area contributed by atoms with Gasteiger partial charge in [-0.15, -0.1) is 0 Å². The Balaban J connectivity index is 1.67. The van der Waals surface area contributed by atoms with Crippen LogP contribution in [0.4, 0.5) is 22.0 Å². The summed E-state index contributed by atoms with van der Waals surface area (Å²) in [6.07, 6.45) is 8.70. The SMILES string of the molecule is CCCCCCCCCC(=O)NC(CC(=O)Oc1cc(F)c(F)c(F)c1F)Cc1c[nH]c2cc(F)ccc12. The van der Waals surface area contributed by atoms with Crippen LogP contribution < -0.4 is 10.1 Å². The van der Waals surface area contributed by atoms with Gasteiger partial charge in [0.25, 0.3) is 0 Å². The normalized spacial score (nSPS) is 12.1. The zero-order chi connectivity index (χ0) is 27.7. The minimum atomic E-state index is -2.10. The van der Waals surface area contributed by atoms with Crippen LogP contribution in [0.25, 0.3) is 10.9 Å². The van der Waals surface area contributed by atoms with E-state index in [1.807, 2.05) is 0 Å². The first-order valence-electron chi connectivity index (χ1n) is 12.8. The number of unbranched alkanes of at least 4 members (excludes halogenated alkanes) is 6. The van der Waals surface area contributed by atoms with Gasteiger partial charge in [-0.05, 0) is 36.6 Å². The van der Waals surface area contributed by atoms with E-state index < -0.39 is 53.3 Å². The van der Waals surface area contributed by atoms with Crippen molar-refractivity contribution in [1.82, 2.24) is 10.3 Å². The van der Waals surface area contributed by atoms with E-state index in [-0.39, 0.29) is 24.8 Å².